The number of ether oxygens (including phenoxy) is 1. The molecule has 3 heteroatoms. The predicted molar refractivity (Wildman–Crippen MR) is 110 cm³/mol. The molecule has 0 bridgehead atoms. The summed E-state index contributed by atoms with van der Waals surface area (Å²) in [6.07, 6.45) is 0. The molecule has 0 fully saturated rings. The smallest absolute Gasteiger partial charge is 0.133 e. The number of nitrogens with zero attached hydrogens (tertiary/aromatic N) is 1. The molecule has 3 aromatic rings. The number of benzene rings is 3. The fourth-order valence-electron chi connectivity index (χ4n) is 2.87. The lowest BCUT2D eigenvalue weighted by atomic mass is 9.90. The van der Waals surface area contributed by atoms with Gasteiger partial charge in [0.1, 0.15) is 11.8 Å². The monoisotopic (exact) mass is 403 g/mol. The number of aryl methyl sites for hydroxylation is 1. The van der Waals surface area contributed by atoms with Gasteiger partial charge in [-0.3, -0.25) is 0 Å². The van der Waals surface area contributed by atoms with Crippen LogP contribution in [0.2, 0.25) is 0 Å². The van der Waals surface area contributed by atoms with Crippen LogP contribution in [0.15, 0.2) is 77.3 Å². The number of hydrogen-bond donors (Lipinski definition) is 0. The summed E-state index contributed by atoms with van der Waals surface area (Å²) in [6, 6.07) is 26.4. The summed E-state index contributed by atoms with van der Waals surface area (Å²) in [7, 11) is 1.63. The van der Waals surface area contributed by atoms with Gasteiger partial charge in [0.05, 0.1) is 17.2 Å². The van der Waals surface area contributed by atoms with E-state index in [9.17, 15) is 5.26 Å². The SMILES string of the molecule is COc1ccc(/C(C#N)=C(\c2ccccc2)c2ccc(C)cc2)cc1Br. The fraction of sp³-hybridized carbons (Fsp3) is 0.0870. The minimum absolute atomic E-state index is 0.628. The highest BCUT2D eigenvalue weighted by molar-refractivity contribution is 9.10. The Labute approximate surface area is 162 Å². The second kappa shape index (κ2) is 8.03. The number of rotatable bonds is 4. The third-order valence-corrected chi connectivity index (χ3v) is 4.82. The van der Waals surface area contributed by atoms with Crippen molar-refractivity contribution in [3.63, 3.8) is 0 Å². The van der Waals surface area contributed by atoms with Crippen molar-refractivity contribution >= 4 is 27.1 Å². The zero-order chi connectivity index (χ0) is 18.5. The Balaban J connectivity index is 2.28. The molecule has 0 saturated heterocycles. The Hall–Kier alpha value is -2.83. The summed E-state index contributed by atoms with van der Waals surface area (Å²) in [4.78, 5) is 0. The van der Waals surface area contributed by atoms with E-state index in [2.05, 4.69) is 53.2 Å². The normalized spacial score (nSPS) is 11.5. The van der Waals surface area contributed by atoms with E-state index in [1.165, 1.54) is 5.56 Å². The van der Waals surface area contributed by atoms with Crippen LogP contribution in [-0.2, 0) is 0 Å². The van der Waals surface area contributed by atoms with E-state index in [1.807, 2.05) is 48.5 Å². The van der Waals surface area contributed by atoms with E-state index in [1.54, 1.807) is 7.11 Å². The summed E-state index contributed by atoms with van der Waals surface area (Å²) < 4.78 is 6.13. The number of methoxy groups -OCH3 is 1. The van der Waals surface area contributed by atoms with E-state index >= 15 is 0 Å². The van der Waals surface area contributed by atoms with Crippen LogP contribution in [0.25, 0.3) is 11.1 Å². The molecule has 0 spiro atoms. The third-order valence-electron chi connectivity index (χ3n) is 4.20. The molecule has 0 aromatic heterocycles. The summed E-state index contributed by atoms with van der Waals surface area (Å²) in [6.45, 7) is 2.06. The molecule has 128 valence electrons. The average Bonchev–Trinajstić information content (AvgIpc) is 2.67. The van der Waals surface area contributed by atoms with Crippen molar-refractivity contribution in [1.82, 2.24) is 0 Å². The van der Waals surface area contributed by atoms with Crippen LogP contribution in [0.1, 0.15) is 22.3 Å². The quantitative estimate of drug-likeness (QED) is 0.380. The maximum atomic E-state index is 9.99. The van der Waals surface area contributed by atoms with Gasteiger partial charge in [0.15, 0.2) is 0 Å². The molecule has 3 rings (SSSR count). The van der Waals surface area contributed by atoms with Crippen molar-refractivity contribution in [2.75, 3.05) is 7.11 Å². The molecule has 0 radical (unpaired) electrons. The van der Waals surface area contributed by atoms with Crippen LogP contribution in [-0.4, -0.2) is 7.11 Å². The van der Waals surface area contributed by atoms with Crippen LogP contribution >= 0.6 is 15.9 Å². The molecule has 0 saturated carbocycles. The average molecular weight is 404 g/mol. The maximum Gasteiger partial charge on any atom is 0.133 e. The van der Waals surface area contributed by atoms with Crippen molar-refractivity contribution < 1.29 is 4.74 Å². The molecule has 3 aromatic carbocycles. The highest BCUT2D eigenvalue weighted by atomic mass is 79.9. The topological polar surface area (TPSA) is 33.0 Å². The van der Waals surface area contributed by atoms with Gasteiger partial charge in [-0.25, -0.2) is 0 Å². The van der Waals surface area contributed by atoms with Crippen LogP contribution in [0.3, 0.4) is 0 Å². The van der Waals surface area contributed by atoms with Crippen molar-refractivity contribution in [2.45, 2.75) is 6.92 Å². The molecule has 0 atom stereocenters. The molecule has 0 aliphatic heterocycles. The van der Waals surface area contributed by atoms with Crippen molar-refractivity contribution in [3.8, 4) is 11.8 Å². The first-order valence-electron chi connectivity index (χ1n) is 8.25. The molecule has 2 nitrogen and oxygen atoms in total. The first-order valence-corrected chi connectivity index (χ1v) is 9.04. The van der Waals surface area contributed by atoms with Crippen LogP contribution < -0.4 is 4.74 Å². The Morgan fingerprint density at radius 1 is 0.885 bits per heavy atom. The van der Waals surface area contributed by atoms with Gasteiger partial charge in [-0.2, -0.15) is 5.26 Å². The summed E-state index contributed by atoms with van der Waals surface area (Å²) in [5.41, 5.74) is 5.62. The summed E-state index contributed by atoms with van der Waals surface area (Å²) >= 11 is 3.52. The lowest BCUT2D eigenvalue weighted by molar-refractivity contribution is 0.412. The molecule has 0 amide bonds. The Morgan fingerprint density at radius 2 is 1.50 bits per heavy atom. The predicted octanol–water partition coefficient (Wildman–Crippen LogP) is 6.25. The van der Waals surface area contributed by atoms with E-state index in [-0.39, 0.29) is 0 Å². The van der Waals surface area contributed by atoms with E-state index < -0.39 is 0 Å². The first kappa shape index (κ1) is 18.0. The lowest BCUT2D eigenvalue weighted by Gasteiger charge is -2.13. The van der Waals surface area contributed by atoms with Crippen LogP contribution in [0, 0.1) is 18.3 Å². The number of nitriles is 1. The van der Waals surface area contributed by atoms with Gasteiger partial charge in [-0.1, -0.05) is 60.2 Å². The zero-order valence-electron chi connectivity index (χ0n) is 14.7. The first-order chi connectivity index (χ1) is 12.6. The van der Waals surface area contributed by atoms with Crippen LogP contribution in [0.5, 0.6) is 5.75 Å². The van der Waals surface area contributed by atoms with Gasteiger partial charge in [0, 0.05) is 5.57 Å². The van der Waals surface area contributed by atoms with Crippen molar-refractivity contribution in [1.29, 1.82) is 5.26 Å². The van der Waals surface area contributed by atoms with Gasteiger partial charge in [-0.15, -0.1) is 0 Å². The second-order valence-electron chi connectivity index (χ2n) is 5.94. The third kappa shape index (κ3) is 3.71. The maximum absolute atomic E-state index is 9.99. The second-order valence-corrected chi connectivity index (χ2v) is 6.80. The number of allylic oxidation sites excluding steroid dienone is 1. The van der Waals surface area contributed by atoms with Gasteiger partial charge >= 0.3 is 0 Å². The Kier molecular flexibility index (Phi) is 5.55. The van der Waals surface area contributed by atoms with E-state index in [4.69, 9.17) is 4.74 Å². The van der Waals surface area contributed by atoms with E-state index in [0.29, 0.717) is 5.57 Å². The molecule has 0 unspecified atom stereocenters. The number of hydrogen-bond acceptors (Lipinski definition) is 2. The van der Waals surface area contributed by atoms with Gasteiger partial charge < -0.3 is 4.74 Å². The molecule has 0 aliphatic rings. The van der Waals surface area contributed by atoms with Gasteiger partial charge in [0.2, 0.25) is 0 Å². The van der Waals surface area contributed by atoms with Crippen LogP contribution in [0.4, 0.5) is 0 Å². The fourth-order valence-corrected chi connectivity index (χ4v) is 3.41. The Morgan fingerprint density at radius 3 is 2.08 bits per heavy atom. The molecular weight excluding hydrogens is 386 g/mol. The molecule has 0 N–H and O–H groups in total. The minimum atomic E-state index is 0.628. The summed E-state index contributed by atoms with van der Waals surface area (Å²) in [5.74, 6) is 0.739. The highest BCUT2D eigenvalue weighted by Gasteiger charge is 2.15. The Bertz CT molecular complexity index is 983. The van der Waals surface area contributed by atoms with E-state index in [0.717, 1.165) is 32.5 Å². The molecule has 0 aliphatic carbocycles. The number of halogens is 1. The van der Waals surface area contributed by atoms with Gasteiger partial charge in [0.25, 0.3) is 0 Å². The highest BCUT2D eigenvalue weighted by Crippen LogP contribution is 2.35. The largest absolute Gasteiger partial charge is 0.496 e. The minimum Gasteiger partial charge on any atom is -0.496 e. The molecule has 0 heterocycles. The molecule has 26 heavy (non-hydrogen) atoms. The lowest BCUT2D eigenvalue weighted by Crippen LogP contribution is -1.95. The standard InChI is InChI=1S/C23H18BrNO/c1-16-8-10-18(11-9-16)23(17-6-4-3-5-7-17)20(15-25)19-12-13-22(26-2)21(24)14-19/h3-14H,1-2H3/b23-20+. The molecular formula is C23H18BrNO. The van der Waals surface area contributed by atoms with Crippen molar-refractivity contribution in [3.05, 3.63) is 99.5 Å². The zero-order valence-corrected chi connectivity index (χ0v) is 16.2. The summed E-state index contributed by atoms with van der Waals surface area (Å²) in [5, 5.41) is 9.99. The van der Waals surface area contributed by atoms with Gasteiger partial charge in [-0.05, 0) is 57.7 Å². The van der Waals surface area contributed by atoms with Crippen molar-refractivity contribution in [2.24, 2.45) is 0 Å².